The summed E-state index contributed by atoms with van der Waals surface area (Å²) in [5.41, 5.74) is 1.47. The molecule has 0 radical (unpaired) electrons. The van der Waals surface area contributed by atoms with E-state index in [1.807, 2.05) is 0 Å². The zero-order chi connectivity index (χ0) is 27.4. The molecule has 14 heteroatoms. The fourth-order valence-corrected chi connectivity index (χ4v) is 7.88. The van der Waals surface area contributed by atoms with Crippen molar-refractivity contribution in [3.05, 3.63) is 76.8 Å². The van der Waals surface area contributed by atoms with Crippen LogP contribution in [0.1, 0.15) is 0 Å². The minimum absolute atomic E-state index is 0.0290. The molecular weight excluding hydrogens is 585 g/mol. The summed E-state index contributed by atoms with van der Waals surface area (Å²) >= 11 is 12.4. The van der Waals surface area contributed by atoms with Crippen molar-refractivity contribution in [2.45, 2.75) is 9.79 Å². The molecule has 0 saturated carbocycles. The quantitative estimate of drug-likeness (QED) is 0.331. The van der Waals surface area contributed by atoms with Crippen LogP contribution in [0, 0.1) is 0 Å². The van der Waals surface area contributed by atoms with Crippen molar-refractivity contribution in [3.8, 4) is 0 Å². The van der Waals surface area contributed by atoms with Gasteiger partial charge in [-0.3, -0.25) is 0 Å². The number of sulfonamides is 2. The minimum Gasteiger partial charge on any atom is -0.379 e. The van der Waals surface area contributed by atoms with Crippen LogP contribution in [0.15, 0.2) is 76.5 Å². The number of halogens is 2. The van der Waals surface area contributed by atoms with Gasteiger partial charge in [0.2, 0.25) is 10.0 Å². The third kappa shape index (κ3) is 4.60. The van der Waals surface area contributed by atoms with E-state index >= 15 is 0 Å². The summed E-state index contributed by atoms with van der Waals surface area (Å²) in [6.07, 6.45) is 0. The van der Waals surface area contributed by atoms with Crippen LogP contribution in [-0.4, -0.2) is 64.1 Å². The average Bonchev–Trinajstić information content (AvgIpc) is 3.32. The number of ether oxygens (including phenoxy) is 1. The number of anilines is 3. The zero-order valence-corrected chi connectivity index (χ0v) is 23.4. The highest BCUT2D eigenvalue weighted by molar-refractivity contribution is 7.92. The van der Waals surface area contributed by atoms with Gasteiger partial charge in [0.25, 0.3) is 10.0 Å². The number of hydrogen-bond donors (Lipinski definition) is 0. The van der Waals surface area contributed by atoms with Crippen molar-refractivity contribution in [1.29, 1.82) is 0 Å². The SMILES string of the molecule is O=S(=O)(c1cc(N2CN(S(=O)(=O)c3ccc(Cl)cc3)c3nc4ccccc4nc32)ccc1Cl)N1CCOCC1. The Morgan fingerprint density at radius 1 is 0.769 bits per heavy atom. The molecule has 2 aliphatic rings. The van der Waals surface area contributed by atoms with E-state index in [4.69, 9.17) is 32.9 Å². The lowest BCUT2D eigenvalue weighted by Gasteiger charge is -2.27. The maximum atomic E-state index is 13.8. The van der Waals surface area contributed by atoms with Crippen LogP contribution in [-0.2, 0) is 24.8 Å². The van der Waals surface area contributed by atoms with Gasteiger partial charge in [-0.2, -0.15) is 4.31 Å². The summed E-state index contributed by atoms with van der Waals surface area (Å²) in [4.78, 5) is 10.9. The van der Waals surface area contributed by atoms with E-state index in [0.29, 0.717) is 21.7 Å². The standard InChI is InChI=1S/C25H21Cl2N5O5S2/c26-17-5-8-19(9-6-17)38(33,34)32-16-31(24-25(32)29-22-4-2-1-3-21(22)28-24)18-7-10-20(27)23(15-18)39(35,36)30-11-13-37-14-12-30/h1-10,15H,11-14,16H2. The van der Waals surface area contributed by atoms with E-state index in [0.717, 1.165) is 4.31 Å². The number of morpholine rings is 1. The van der Waals surface area contributed by atoms with Crippen LogP contribution < -0.4 is 9.21 Å². The second kappa shape index (κ2) is 9.88. The van der Waals surface area contributed by atoms with Crippen molar-refractivity contribution < 1.29 is 21.6 Å². The Balaban J connectivity index is 1.48. The Kier molecular flexibility index (Phi) is 6.64. The number of benzene rings is 3. The number of aromatic nitrogens is 2. The van der Waals surface area contributed by atoms with E-state index in [1.165, 1.54) is 40.7 Å². The first-order chi connectivity index (χ1) is 18.7. The fourth-order valence-electron chi connectivity index (χ4n) is 4.50. The van der Waals surface area contributed by atoms with Gasteiger partial charge in [0.1, 0.15) is 11.6 Å². The number of hydrogen-bond acceptors (Lipinski definition) is 8. The highest BCUT2D eigenvalue weighted by Crippen LogP contribution is 2.43. The Morgan fingerprint density at radius 3 is 2.08 bits per heavy atom. The second-order valence-corrected chi connectivity index (χ2v) is 13.5. The first-order valence-corrected chi connectivity index (χ1v) is 15.5. The Hall–Kier alpha value is -3.00. The van der Waals surface area contributed by atoms with E-state index in [-0.39, 0.29) is 59.4 Å². The molecule has 0 atom stereocenters. The molecule has 0 unspecified atom stereocenters. The first kappa shape index (κ1) is 26.2. The maximum absolute atomic E-state index is 13.8. The summed E-state index contributed by atoms with van der Waals surface area (Å²) in [5, 5.41) is 0.457. The monoisotopic (exact) mass is 605 g/mol. The van der Waals surface area contributed by atoms with E-state index in [2.05, 4.69) is 4.98 Å². The highest BCUT2D eigenvalue weighted by Gasteiger charge is 2.39. The summed E-state index contributed by atoms with van der Waals surface area (Å²) in [5.74, 6) is 0.388. The van der Waals surface area contributed by atoms with Gasteiger partial charge >= 0.3 is 0 Å². The molecule has 10 nitrogen and oxygen atoms in total. The van der Waals surface area contributed by atoms with Crippen molar-refractivity contribution >= 4 is 71.6 Å². The molecular formula is C25H21Cl2N5O5S2. The highest BCUT2D eigenvalue weighted by atomic mass is 35.5. The number of nitrogens with zero attached hydrogens (tertiary/aromatic N) is 5. The third-order valence-corrected chi connectivity index (χ3v) is 10.9. The molecule has 39 heavy (non-hydrogen) atoms. The smallest absolute Gasteiger partial charge is 0.267 e. The molecule has 0 spiro atoms. The lowest BCUT2D eigenvalue weighted by Crippen LogP contribution is -2.40. The molecule has 4 aromatic rings. The van der Waals surface area contributed by atoms with Crippen LogP contribution in [0.3, 0.4) is 0 Å². The van der Waals surface area contributed by atoms with Crippen LogP contribution in [0.5, 0.6) is 0 Å². The van der Waals surface area contributed by atoms with Gasteiger partial charge in [-0.25, -0.2) is 31.1 Å². The molecule has 1 saturated heterocycles. The van der Waals surface area contributed by atoms with Crippen LogP contribution in [0.2, 0.25) is 10.0 Å². The van der Waals surface area contributed by atoms with E-state index in [1.54, 1.807) is 35.2 Å². The molecule has 2 aliphatic heterocycles. The van der Waals surface area contributed by atoms with Crippen molar-refractivity contribution in [2.75, 3.05) is 42.2 Å². The minimum atomic E-state index is -4.08. The molecule has 3 aromatic carbocycles. The van der Waals surface area contributed by atoms with Crippen molar-refractivity contribution in [1.82, 2.24) is 14.3 Å². The predicted octanol–water partition coefficient (Wildman–Crippen LogP) is 4.26. The lowest BCUT2D eigenvalue weighted by atomic mass is 10.3. The number of fused-ring (bicyclic) bond motifs is 2. The third-order valence-electron chi connectivity index (χ3n) is 6.51. The van der Waals surface area contributed by atoms with Crippen molar-refractivity contribution in [3.63, 3.8) is 0 Å². The normalized spacial score (nSPS) is 16.6. The summed E-state index contributed by atoms with van der Waals surface area (Å²) in [7, 11) is -8.01. The molecule has 1 fully saturated rings. The molecule has 0 bridgehead atoms. The molecule has 6 rings (SSSR count). The van der Waals surface area contributed by atoms with Crippen molar-refractivity contribution in [2.24, 2.45) is 0 Å². The molecule has 3 heterocycles. The number of para-hydroxylation sites is 2. The molecule has 1 aromatic heterocycles. The van der Waals surface area contributed by atoms with Gasteiger partial charge in [-0.15, -0.1) is 0 Å². The summed E-state index contributed by atoms with van der Waals surface area (Å²) in [6, 6.07) is 17.5. The Morgan fingerprint density at radius 2 is 1.41 bits per heavy atom. The lowest BCUT2D eigenvalue weighted by molar-refractivity contribution is 0.0730. The predicted molar refractivity (Wildman–Crippen MR) is 149 cm³/mol. The van der Waals surface area contributed by atoms with Gasteiger partial charge in [0.05, 0.1) is 34.2 Å². The molecule has 202 valence electrons. The van der Waals surface area contributed by atoms with Gasteiger partial charge in [-0.05, 0) is 54.6 Å². The molecule has 0 aliphatic carbocycles. The Bertz CT molecular complexity index is 1800. The number of rotatable bonds is 5. The molecule has 0 N–H and O–H groups in total. The Labute approximate surface area is 235 Å². The summed E-state index contributed by atoms with van der Waals surface area (Å²) < 4.78 is 62.2. The van der Waals surface area contributed by atoms with Crippen LogP contribution in [0.25, 0.3) is 11.0 Å². The van der Waals surface area contributed by atoms with Crippen LogP contribution in [0.4, 0.5) is 17.3 Å². The zero-order valence-electron chi connectivity index (χ0n) is 20.2. The van der Waals surface area contributed by atoms with Gasteiger partial charge < -0.3 is 9.64 Å². The van der Waals surface area contributed by atoms with Gasteiger partial charge in [0.15, 0.2) is 11.6 Å². The van der Waals surface area contributed by atoms with Crippen LogP contribution >= 0.6 is 23.2 Å². The first-order valence-electron chi connectivity index (χ1n) is 11.9. The summed E-state index contributed by atoms with van der Waals surface area (Å²) in [6.45, 7) is 0.807. The topological polar surface area (TPSA) is 113 Å². The average molecular weight is 607 g/mol. The van der Waals surface area contributed by atoms with E-state index in [9.17, 15) is 16.8 Å². The fraction of sp³-hybridized carbons (Fsp3) is 0.200. The largest absolute Gasteiger partial charge is 0.379 e. The van der Waals surface area contributed by atoms with E-state index < -0.39 is 20.0 Å². The van der Waals surface area contributed by atoms with Gasteiger partial charge in [0, 0.05) is 23.8 Å². The maximum Gasteiger partial charge on any atom is 0.267 e. The second-order valence-electron chi connectivity index (χ2n) is 8.87. The van der Waals surface area contributed by atoms with Gasteiger partial charge in [-0.1, -0.05) is 35.3 Å². The molecule has 0 amide bonds.